The van der Waals surface area contributed by atoms with Crippen LogP contribution in [0.3, 0.4) is 0 Å². The van der Waals surface area contributed by atoms with Crippen molar-refractivity contribution in [1.29, 1.82) is 0 Å². The first-order chi connectivity index (χ1) is 17.2. The number of carbonyl (C=O) groups is 3. The van der Waals surface area contributed by atoms with E-state index in [4.69, 9.17) is 4.74 Å². The summed E-state index contributed by atoms with van der Waals surface area (Å²) in [5, 5.41) is 11.3. The zero-order chi connectivity index (χ0) is 25.8. The Hall–Kier alpha value is -3.75. The number of aromatic nitrogens is 3. The molecule has 0 spiro atoms. The van der Waals surface area contributed by atoms with Crippen molar-refractivity contribution < 1.29 is 36.7 Å². The lowest BCUT2D eigenvalue weighted by molar-refractivity contribution is -0.133. The van der Waals surface area contributed by atoms with E-state index in [2.05, 4.69) is 20.8 Å². The second-order valence-corrected chi connectivity index (χ2v) is 8.26. The molecular formula is C21H23F4N7O4. The molecule has 1 aromatic carbocycles. The van der Waals surface area contributed by atoms with Crippen LogP contribution < -0.4 is 15.2 Å². The third-order valence-electron chi connectivity index (χ3n) is 5.84. The lowest BCUT2D eigenvalue weighted by atomic mass is 10.1. The van der Waals surface area contributed by atoms with Crippen molar-refractivity contribution in [2.24, 2.45) is 0 Å². The predicted molar refractivity (Wildman–Crippen MR) is 116 cm³/mol. The highest BCUT2D eigenvalue weighted by atomic mass is 19.3. The van der Waals surface area contributed by atoms with Gasteiger partial charge in [0.25, 0.3) is 6.43 Å². The molecule has 2 aromatic rings. The van der Waals surface area contributed by atoms with E-state index in [9.17, 15) is 23.2 Å². The zero-order valence-electron chi connectivity index (χ0n) is 18.9. The van der Waals surface area contributed by atoms with E-state index in [0.29, 0.717) is 5.69 Å². The van der Waals surface area contributed by atoms with Gasteiger partial charge in [0.1, 0.15) is 11.8 Å². The maximum atomic E-state index is 15.0. The third-order valence-corrected chi connectivity index (χ3v) is 5.84. The Morgan fingerprint density at radius 3 is 2.58 bits per heavy atom. The molecular weight excluding hydrogens is 490 g/mol. The number of alkyl halides is 2. The number of nitrogens with zero attached hydrogens (tertiary/aromatic N) is 5. The molecule has 0 saturated carbocycles. The molecule has 1 aromatic heterocycles. The van der Waals surface area contributed by atoms with Gasteiger partial charge in [0.2, 0.25) is 5.91 Å². The first-order valence-corrected chi connectivity index (χ1v) is 11.1. The summed E-state index contributed by atoms with van der Waals surface area (Å²) in [6.45, 7) is 0.588. The summed E-state index contributed by atoms with van der Waals surface area (Å²) < 4.78 is 59.9. The molecule has 3 heterocycles. The summed E-state index contributed by atoms with van der Waals surface area (Å²) in [7, 11) is 0. The number of ketones is 1. The molecule has 2 fully saturated rings. The Morgan fingerprint density at radius 2 is 1.92 bits per heavy atom. The Kier molecular flexibility index (Phi) is 7.67. The minimum absolute atomic E-state index is 0.00411. The Morgan fingerprint density at radius 1 is 1.17 bits per heavy atom. The molecule has 194 valence electrons. The van der Waals surface area contributed by atoms with Gasteiger partial charge in [0.15, 0.2) is 17.4 Å². The van der Waals surface area contributed by atoms with Crippen LogP contribution >= 0.6 is 0 Å². The van der Waals surface area contributed by atoms with E-state index >= 15 is 8.78 Å². The molecule has 2 aliphatic rings. The molecule has 2 saturated heterocycles. The number of aromatic amines is 1. The number of Topliss-reactive ketones (excluding diaryl/α,β-unsaturated/α-hetero) is 1. The van der Waals surface area contributed by atoms with Crippen LogP contribution in [0.2, 0.25) is 0 Å². The second-order valence-electron chi connectivity index (χ2n) is 8.26. The van der Waals surface area contributed by atoms with Crippen molar-refractivity contribution in [3.8, 4) is 0 Å². The quantitative estimate of drug-likeness (QED) is 0.508. The van der Waals surface area contributed by atoms with Crippen LogP contribution in [-0.2, 0) is 20.7 Å². The number of H-pyrrole nitrogens is 1. The fourth-order valence-electron chi connectivity index (χ4n) is 4.03. The summed E-state index contributed by atoms with van der Waals surface area (Å²) >= 11 is 0. The molecule has 0 radical (unpaired) electrons. The molecule has 36 heavy (non-hydrogen) atoms. The highest BCUT2D eigenvalue weighted by molar-refractivity contribution is 5.90. The lowest BCUT2D eigenvalue weighted by Gasteiger charge is -2.25. The SMILES string of the molecule is O=C(CC[C@H]1CN(c2cc(F)c(N3CCNN(C(=O)Cc4cn[nH]n4)CC3)c(F)c2)C(=O)O1)C(F)F. The number of nitrogens with one attached hydrogen (secondary N) is 2. The van der Waals surface area contributed by atoms with Gasteiger partial charge in [-0.15, -0.1) is 0 Å². The van der Waals surface area contributed by atoms with Crippen LogP contribution in [0.15, 0.2) is 18.3 Å². The Labute approximate surface area is 202 Å². The highest BCUT2D eigenvalue weighted by Gasteiger charge is 2.34. The first kappa shape index (κ1) is 25.3. The number of anilines is 2. The molecule has 2 N–H and O–H groups in total. The average molecular weight is 513 g/mol. The van der Waals surface area contributed by atoms with Crippen LogP contribution in [0.5, 0.6) is 0 Å². The first-order valence-electron chi connectivity index (χ1n) is 11.1. The largest absolute Gasteiger partial charge is 0.444 e. The molecule has 0 unspecified atom stereocenters. The van der Waals surface area contributed by atoms with E-state index in [1.807, 2.05) is 0 Å². The van der Waals surface area contributed by atoms with E-state index in [-0.39, 0.29) is 62.8 Å². The van der Waals surface area contributed by atoms with Crippen LogP contribution in [-0.4, -0.2) is 83.5 Å². The average Bonchev–Trinajstić information content (AvgIpc) is 3.40. The number of hydrogen-bond acceptors (Lipinski definition) is 8. The van der Waals surface area contributed by atoms with Crippen LogP contribution in [0.25, 0.3) is 0 Å². The minimum atomic E-state index is -3.11. The number of hydrazine groups is 1. The number of hydrogen-bond donors (Lipinski definition) is 2. The number of cyclic esters (lactones) is 1. The van der Waals surface area contributed by atoms with Gasteiger partial charge in [-0.05, 0) is 6.42 Å². The van der Waals surface area contributed by atoms with Gasteiger partial charge < -0.3 is 9.64 Å². The summed E-state index contributed by atoms with van der Waals surface area (Å²) in [5.41, 5.74) is 2.98. The monoisotopic (exact) mass is 513 g/mol. The zero-order valence-corrected chi connectivity index (χ0v) is 18.9. The molecule has 2 amide bonds. The Bertz CT molecular complexity index is 1090. The molecule has 4 rings (SSSR count). The summed E-state index contributed by atoms with van der Waals surface area (Å²) in [4.78, 5) is 38.2. The Balaban J connectivity index is 1.40. The normalized spacial score (nSPS) is 18.5. The minimum Gasteiger partial charge on any atom is -0.444 e. The summed E-state index contributed by atoms with van der Waals surface area (Å²) in [5.74, 6) is -3.39. The fourth-order valence-corrected chi connectivity index (χ4v) is 4.03. The van der Waals surface area contributed by atoms with Crippen LogP contribution in [0.4, 0.5) is 33.7 Å². The van der Waals surface area contributed by atoms with E-state index < -0.39 is 42.5 Å². The number of ether oxygens (including phenoxy) is 1. The lowest BCUT2D eigenvalue weighted by Crippen LogP contribution is -2.44. The molecule has 1 atom stereocenters. The van der Waals surface area contributed by atoms with Crippen molar-refractivity contribution in [2.45, 2.75) is 31.8 Å². The number of benzene rings is 1. The number of halogens is 4. The topological polar surface area (TPSA) is 124 Å². The van der Waals surface area contributed by atoms with Gasteiger partial charge in [0.05, 0.1) is 37.1 Å². The third kappa shape index (κ3) is 5.72. The number of rotatable bonds is 8. The van der Waals surface area contributed by atoms with Crippen molar-refractivity contribution in [2.75, 3.05) is 42.5 Å². The van der Waals surface area contributed by atoms with Gasteiger partial charge in [0, 0.05) is 38.2 Å². The summed E-state index contributed by atoms with van der Waals surface area (Å²) in [6, 6.07) is 1.97. The number of carbonyl (C=O) groups excluding carboxylic acids is 3. The van der Waals surface area contributed by atoms with E-state index in [1.165, 1.54) is 16.1 Å². The van der Waals surface area contributed by atoms with Crippen LogP contribution in [0.1, 0.15) is 18.5 Å². The van der Waals surface area contributed by atoms with Crippen molar-refractivity contribution in [3.63, 3.8) is 0 Å². The molecule has 11 nitrogen and oxygen atoms in total. The van der Waals surface area contributed by atoms with Gasteiger partial charge in [-0.1, -0.05) is 0 Å². The summed E-state index contributed by atoms with van der Waals surface area (Å²) in [6.07, 6.45) is -4.03. The predicted octanol–water partition coefficient (Wildman–Crippen LogP) is 1.42. The molecule has 15 heteroatoms. The maximum absolute atomic E-state index is 15.0. The van der Waals surface area contributed by atoms with Gasteiger partial charge >= 0.3 is 6.09 Å². The highest BCUT2D eigenvalue weighted by Crippen LogP contribution is 2.32. The van der Waals surface area contributed by atoms with Gasteiger partial charge in [-0.2, -0.15) is 15.4 Å². The smallest absolute Gasteiger partial charge is 0.414 e. The van der Waals surface area contributed by atoms with Gasteiger partial charge in [-0.3, -0.25) is 19.5 Å². The molecule has 0 bridgehead atoms. The van der Waals surface area contributed by atoms with Crippen LogP contribution in [0, 0.1) is 11.6 Å². The van der Waals surface area contributed by atoms with Crippen molar-refractivity contribution in [3.05, 3.63) is 35.7 Å². The number of amides is 2. The van der Waals surface area contributed by atoms with E-state index in [0.717, 1.165) is 17.0 Å². The van der Waals surface area contributed by atoms with Crippen molar-refractivity contribution >= 4 is 29.2 Å². The fraction of sp³-hybridized carbons (Fsp3) is 0.476. The van der Waals surface area contributed by atoms with E-state index in [1.54, 1.807) is 0 Å². The van der Waals surface area contributed by atoms with Crippen molar-refractivity contribution in [1.82, 2.24) is 25.8 Å². The molecule has 0 aliphatic carbocycles. The molecule has 2 aliphatic heterocycles. The second kappa shape index (κ2) is 10.9. The van der Waals surface area contributed by atoms with Gasteiger partial charge in [-0.25, -0.2) is 27.8 Å². The standard InChI is InChI=1S/C21H23F4N7O4/c22-15-8-13(31-11-14(36-21(31)35)1-2-17(33)20(24)25)9-16(23)19(15)30-4-3-27-32(6-5-30)18(34)7-12-10-26-29-28-12/h8-10,14,20,27H,1-7,11H2,(H,26,28,29)/t14-/m0/s1. The maximum Gasteiger partial charge on any atom is 0.414 e.